The third-order valence-electron chi connectivity index (χ3n) is 5.30. The molecular weight excluding hydrogens is 395 g/mol. The van der Waals surface area contributed by atoms with Gasteiger partial charge in [-0.05, 0) is 61.4 Å². The number of benzene rings is 3. The summed E-state index contributed by atoms with van der Waals surface area (Å²) in [6.45, 7) is 3.96. The van der Waals surface area contributed by atoms with Crippen molar-refractivity contribution in [2.45, 2.75) is 13.8 Å². The number of nitrogens with zero attached hydrogens (tertiary/aromatic N) is 1. The highest BCUT2D eigenvalue weighted by Crippen LogP contribution is 2.37. The number of carbonyl (C=O) groups is 2. The molecule has 0 atom stereocenters. The minimum atomic E-state index is -0.560. The maximum absolute atomic E-state index is 13.8. The number of ether oxygens (including phenoxy) is 1. The summed E-state index contributed by atoms with van der Waals surface area (Å²) in [6, 6.07) is 18.1. The summed E-state index contributed by atoms with van der Waals surface area (Å²) in [6.07, 6.45) is 0. The van der Waals surface area contributed by atoms with E-state index in [9.17, 15) is 14.0 Å². The quantitative estimate of drug-likeness (QED) is 0.604. The van der Waals surface area contributed by atoms with Crippen molar-refractivity contribution in [3.05, 3.63) is 94.9 Å². The normalized spacial score (nSPS) is 13.7. The second kappa shape index (κ2) is 8.07. The highest BCUT2D eigenvalue weighted by atomic mass is 19.1. The minimum absolute atomic E-state index is 0.113. The van der Waals surface area contributed by atoms with E-state index in [0.717, 1.165) is 22.1 Å². The molecule has 31 heavy (non-hydrogen) atoms. The molecule has 1 aliphatic rings. The molecule has 6 heteroatoms. The molecule has 0 unspecified atom stereocenters. The zero-order chi connectivity index (χ0) is 22.1. The number of hydrogen-bond acceptors (Lipinski definition) is 4. The number of aryl methyl sites for hydroxylation is 2. The Labute approximate surface area is 179 Å². The molecule has 0 bridgehead atoms. The first-order valence-corrected chi connectivity index (χ1v) is 9.77. The van der Waals surface area contributed by atoms with Gasteiger partial charge in [0.05, 0.1) is 18.4 Å². The number of nitrogens with one attached hydrogen (secondary N) is 1. The highest BCUT2D eigenvalue weighted by Gasteiger charge is 2.41. The first kappa shape index (κ1) is 20.3. The van der Waals surface area contributed by atoms with E-state index >= 15 is 0 Å². The fourth-order valence-corrected chi connectivity index (χ4v) is 3.56. The van der Waals surface area contributed by atoms with Crippen LogP contribution in [0.1, 0.15) is 16.7 Å². The monoisotopic (exact) mass is 416 g/mol. The number of hydrogen-bond donors (Lipinski definition) is 1. The molecule has 156 valence electrons. The Morgan fingerprint density at radius 2 is 1.65 bits per heavy atom. The average Bonchev–Trinajstić information content (AvgIpc) is 3.00. The summed E-state index contributed by atoms with van der Waals surface area (Å²) in [7, 11) is 1.50. The molecule has 4 rings (SSSR count). The number of methoxy groups -OCH3 is 1. The maximum atomic E-state index is 13.8. The highest BCUT2D eigenvalue weighted by molar-refractivity contribution is 6.46. The average molecular weight is 416 g/mol. The van der Waals surface area contributed by atoms with Crippen molar-refractivity contribution >= 4 is 28.8 Å². The molecule has 2 amide bonds. The minimum Gasteiger partial charge on any atom is -0.496 e. The van der Waals surface area contributed by atoms with Crippen LogP contribution in [0.25, 0.3) is 5.57 Å². The Hall–Kier alpha value is -3.93. The number of para-hydroxylation sites is 1. The van der Waals surface area contributed by atoms with Crippen LogP contribution in [-0.4, -0.2) is 18.9 Å². The van der Waals surface area contributed by atoms with Gasteiger partial charge in [-0.25, -0.2) is 9.29 Å². The Kier molecular flexibility index (Phi) is 5.29. The van der Waals surface area contributed by atoms with E-state index in [0.29, 0.717) is 17.0 Å². The second-order valence-corrected chi connectivity index (χ2v) is 7.30. The van der Waals surface area contributed by atoms with Gasteiger partial charge in [0.15, 0.2) is 0 Å². The molecule has 0 spiro atoms. The fraction of sp³-hybridized carbons (Fsp3) is 0.120. The second-order valence-electron chi connectivity index (χ2n) is 7.30. The van der Waals surface area contributed by atoms with Crippen LogP contribution in [0.2, 0.25) is 0 Å². The SMILES string of the molecule is COc1ccccc1C1=C(Nc2ccc(C)c(C)c2)C(=O)N(c2cccc(F)c2)C1=O. The van der Waals surface area contributed by atoms with Gasteiger partial charge in [-0.1, -0.05) is 30.3 Å². The molecule has 0 fully saturated rings. The van der Waals surface area contributed by atoms with Gasteiger partial charge in [0.1, 0.15) is 17.3 Å². The zero-order valence-electron chi connectivity index (χ0n) is 17.4. The molecule has 1 N–H and O–H groups in total. The van der Waals surface area contributed by atoms with Gasteiger partial charge < -0.3 is 10.1 Å². The summed E-state index contributed by atoms with van der Waals surface area (Å²) in [5.41, 5.74) is 3.76. The summed E-state index contributed by atoms with van der Waals surface area (Å²) in [5, 5.41) is 3.12. The number of halogens is 1. The zero-order valence-corrected chi connectivity index (χ0v) is 17.4. The van der Waals surface area contributed by atoms with Crippen LogP contribution in [0.4, 0.5) is 15.8 Å². The molecule has 0 radical (unpaired) electrons. The number of amides is 2. The standard InChI is InChI=1S/C25H21FN2O3/c1-15-11-12-18(13-16(15)2)27-23-22(20-9-4-5-10-21(20)31-3)24(29)28(25(23)30)19-8-6-7-17(26)14-19/h4-14,27H,1-3H3. The van der Waals surface area contributed by atoms with Gasteiger partial charge in [0.2, 0.25) is 0 Å². The number of imide groups is 1. The number of carbonyl (C=O) groups excluding carboxylic acids is 2. The third kappa shape index (κ3) is 3.68. The van der Waals surface area contributed by atoms with Crippen LogP contribution in [0, 0.1) is 19.7 Å². The molecule has 0 saturated heterocycles. The summed E-state index contributed by atoms with van der Waals surface area (Å²) in [5.74, 6) is -1.19. The van der Waals surface area contributed by atoms with Gasteiger partial charge in [0, 0.05) is 11.3 Å². The van der Waals surface area contributed by atoms with Gasteiger partial charge in [-0.15, -0.1) is 0 Å². The molecule has 0 aliphatic carbocycles. The molecule has 1 aliphatic heterocycles. The first-order chi connectivity index (χ1) is 14.9. The molecule has 3 aromatic carbocycles. The van der Waals surface area contributed by atoms with Crippen molar-refractivity contribution in [2.24, 2.45) is 0 Å². The lowest BCUT2D eigenvalue weighted by Crippen LogP contribution is -2.32. The Bertz CT molecular complexity index is 1230. The van der Waals surface area contributed by atoms with Crippen molar-refractivity contribution in [2.75, 3.05) is 17.3 Å². The van der Waals surface area contributed by atoms with Gasteiger partial charge in [0.25, 0.3) is 11.8 Å². The van der Waals surface area contributed by atoms with Gasteiger partial charge in [-0.3, -0.25) is 9.59 Å². The molecule has 3 aromatic rings. The molecule has 0 aromatic heterocycles. The molecule has 0 saturated carbocycles. The molecular formula is C25H21FN2O3. The van der Waals surface area contributed by atoms with E-state index in [-0.39, 0.29) is 17.0 Å². The Morgan fingerprint density at radius 1 is 0.871 bits per heavy atom. The fourth-order valence-electron chi connectivity index (χ4n) is 3.56. The van der Waals surface area contributed by atoms with Crippen molar-refractivity contribution in [1.82, 2.24) is 0 Å². The van der Waals surface area contributed by atoms with Crippen LogP contribution in [-0.2, 0) is 9.59 Å². The third-order valence-corrected chi connectivity index (χ3v) is 5.30. The smallest absolute Gasteiger partial charge is 0.282 e. The van der Waals surface area contributed by atoms with Crippen LogP contribution >= 0.6 is 0 Å². The van der Waals surface area contributed by atoms with Gasteiger partial charge in [-0.2, -0.15) is 0 Å². The first-order valence-electron chi connectivity index (χ1n) is 9.77. The van der Waals surface area contributed by atoms with E-state index in [2.05, 4.69) is 5.32 Å². The van der Waals surface area contributed by atoms with E-state index in [4.69, 9.17) is 4.74 Å². The van der Waals surface area contributed by atoms with Crippen molar-refractivity contribution in [1.29, 1.82) is 0 Å². The van der Waals surface area contributed by atoms with E-state index < -0.39 is 17.6 Å². The lowest BCUT2D eigenvalue weighted by atomic mass is 10.0. The van der Waals surface area contributed by atoms with Crippen LogP contribution in [0.5, 0.6) is 5.75 Å². The predicted molar refractivity (Wildman–Crippen MR) is 118 cm³/mol. The van der Waals surface area contributed by atoms with Crippen LogP contribution in [0.15, 0.2) is 72.4 Å². The van der Waals surface area contributed by atoms with Crippen LogP contribution in [0.3, 0.4) is 0 Å². The van der Waals surface area contributed by atoms with Gasteiger partial charge >= 0.3 is 0 Å². The Morgan fingerprint density at radius 3 is 2.35 bits per heavy atom. The lowest BCUT2D eigenvalue weighted by Gasteiger charge is -2.15. The van der Waals surface area contributed by atoms with Crippen LogP contribution < -0.4 is 15.0 Å². The topological polar surface area (TPSA) is 58.6 Å². The number of rotatable bonds is 5. The molecule has 1 heterocycles. The molecule has 5 nitrogen and oxygen atoms in total. The summed E-state index contributed by atoms with van der Waals surface area (Å²) < 4.78 is 19.3. The van der Waals surface area contributed by atoms with Crippen molar-refractivity contribution in [3.8, 4) is 5.75 Å². The van der Waals surface area contributed by atoms with E-state index in [1.54, 1.807) is 24.3 Å². The Balaban J connectivity index is 1.87. The summed E-state index contributed by atoms with van der Waals surface area (Å²) in [4.78, 5) is 27.8. The van der Waals surface area contributed by atoms with E-state index in [1.165, 1.54) is 25.3 Å². The maximum Gasteiger partial charge on any atom is 0.282 e. The number of anilines is 2. The van der Waals surface area contributed by atoms with E-state index in [1.807, 2.05) is 32.0 Å². The van der Waals surface area contributed by atoms with Crippen molar-refractivity contribution < 1.29 is 18.7 Å². The largest absolute Gasteiger partial charge is 0.496 e. The van der Waals surface area contributed by atoms with Crippen molar-refractivity contribution in [3.63, 3.8) is 0 Å². The summed E-state index contributed by atoms with van der Waals surface area (Å²) >= 11 is 0. The lowest BCUT2D eigenvalue weighted by molar-refractivity contribution is -0.120. The predicted octanol–water partition coefficient (Wildman–Crippen LogP) is 4.85.